The van der Waals surface area contributed by atoms with Crippen LogP contribution in [0.3, 0.4) is 0 Å². The van der Waals surface area contributed by atoms with E-state index in [9.17, 15) is 14.7 Å². The Bertz CT molecular complexity index is 1560. The summed E-state index contributed by atoms with van der Waals surface area (Å²) in [5.74, 6) is -0.764. The van der Waals surface area contributed by atoms with Crippen molar-refractivity contribution in [2.24, 2.45) is 0 Å². The van der Waals surface area contributed by atoms with Crippen LogP contribution in [0.4, 0.5) is 5.13 Å². The number of ether oxygens (including phenoxy) is 1. The molecule has 0 saturated carbocycles. The Morgan fingerprint density at radius 3 is 2.56 bits per heavy atom. The Morgan fingerprint density at radius 1 is 1.10 bits per heavy atom. The number of amides is 1. The first-order valence-electron chi connectivity index (χ1n) is 11.7. The Kier molecular flexibility index (Phi) is 8.06. The third kappa shape index (κ3) is 5.58. The van der Waals surface area contributed by atoms with E-state index in [-0.39, 0.29) is 16.5 Å². The minimum Gasteiger partial charge on any atom is -0.507 e. The summed E-state index contributed by atoms with van der Waals surface area (Å²) in [6.45, 7) is 3.98. The Balaban J connectivity index is 1.52. The van der Waals surface area contributed by atoms with Crippen molar-refractivity contribution in [1.82, 2.24) is 15.2 Å². The minimum absolute atomic E-state index is 0.0496. The van der Waals surface area contributed by atoms with Gasteiger partial charge in [-0.05, 0) is 41.5 Å². The predicted octanol–water partition coefficient (Wildman–Crippen LogP) is 6.07. The SMILES string of the molecule is C=CCOc1ccc(C2C(=C(O)c3ccncc3)C(=O)C(=O)N2c2nnc(SCc3ccccc3Cl)s2)cc1. The van der Waals surface area contributed by atoms with Gasteiger partial charge in [0, 0.05) is 28.7 Å². The van der Waals surface area contributed by atoms with Gasteiger partial charge in [0.2, 0.25) is 5.13 Å². The predicted molar refractivity (Wildman–Crippen MR) is 152 cm³/mol. The molecule has 3 heterocycles. The summed E-state index contributed by atoms with van der Waals surface area (Å²) >= 11 is 8.88. The van der Waals surface area contributed by atoms with Crippen LogP contribution in [0.1, 0.15) is 22.7 Å². The molecule has 196 valence electrons. The lowest BCUT2D eigenvalue weighted by atomic mass is 9.95. The number of aliphatic hydroxyl groups excluding tert-OH is 1. The monoisotopic (exact) mass is 576 g/mol. The molecule has 1 aliphatic rings. The number of aromatic nitrogens is 3. The van der Waals surface area contributed by atoms with Gasteiger partial charge < -0.3 is 9.84 Å². The van der Waals surface area contributed by atoms with Gasteiger partial charge in [-0.15, -0.1) is 10.2 Å². The summed E-state index contributed by atoms with van der Waals surface area (Å²) in [5, 5.41) is 20.5. The average Bonchev–Trinajstić information content (AvgIpc) is 3.53. The van der Waals surface area contributed by atoms with Gasteiger partial charge in [-0.25, -0.2) is 0 Å². The molecule has 8 nitrogen and oxygen atoms in total. The van der Waals surface area contributed by atoms with Crippen LogP contribution in [-0.2, 0) is 15.3 Å². The summed E-state index contributed by atoms with van der Waals surface area (Å²) < 4.78 is 6.18. The molecule has 1 aliphatic heterocycles. The second-order valence-electron chi connectivity index (χ2n) is 8.30. The number of halogens is 1. The fourth-order valence-corrected chi connectivity index (χ4v) is 6.18. The van der Waals surface area contributed by atoms with Gasteiger partial charge in [-0.2, -0.15) is 0 Å². The maximum Gasteiger partial charge on any atom is 0.301 e. The van der Waals surface area contributed by atoms with E-state index in [0.29, 0.717) is 38.6 Å². The zero-order valence-corrected chi connectivity index (χ0v) is 22.7. The lowest BCUT2D eigenvalue weighted by molar-refractivity contribution is -0.132. The summed E-state index contributed by atoms with van der Waals surface area (Å²) in [4.78, 5) is 32.0. The molecule has 1 N–H and O–H groups in total. The van der Waals surface area contributed by atoms with Crippen LogP contribution < -0.4 is 9.64 Å². The van der Waals surface area contributed by atoms with Gasteiger partial charge in [0.25, 0.3) is 5.78 Å². The fourth-order valence-electron chi connectivity index (χ4n) is 4.03. The zero-order valence-electron chi connectivity index (χ0n) is 20.4. The Labute approximate surface area is 237 Å². The molecule has 4 aromatic rings. The van der Waals surface area contributed by atoms with E-state index in [2.05, 4.69) is 21.8 Å². The maximum atomic E-state index is 13.4. The highest BCUT2D eigenvalue weighted by Crippen LogP contribution is 2.44. The maximum absolute atomic E-state index is 13.4. The number of anilines is 1. The van der Waals surface area contributed by atoms with E-state index < -0.39 is 17.7 Å². The molecule has 1 atom stereocenters. The van der Waals surface area contributed by atoms with E-state index in [1.807, 2.05) is 24.3 Å². The zero-order chi connectivity index (χ0) is 27.4. The molecule has 2 aromatic heterocycles. The Morgan fingerprint density at radius 2 is 1.85 bits per heavy atom. The van der Waals surface area contributed by atoms with Crippen molar-refractivity contribution in [1.29, 1.82) is 0 Å². The minimum atomic E-state index is -0.930. The number of rotatable bonds is 9. The molecule has 2 aromatic carbocycles. The van der Waals surface area contributed by atoms with Crippen LogP contribution in [0.15, 0.2) is 95.6 Å². The van der Waals surface area contributed by atoms with Gasteiger partial charge in [-0.1, -0.05) is 77.7 Å². The van der Waals surface area contributed by atoms with Gasteiger partial charge in [0.1, 0.15) is 18.1 Å². The smallest absolute Gasteiger partial charge is 0.301 e. The summed E-state index contributed by atoms with van der Waals surface area (Å²) in [7, 11) is 0. The van der Waals surface area contributed by atoms with Crippen molar-refractivity contribution in [2.45, 2.75) is 16.1 Å². The van der Waals surface area contributed by atoms with Gasteiger partial charge in [0.05, 0.1) is 11.6 Å². The fraction of sp³-hybridized carbons (Fsp3) is 0.107. The number of hydrogen-bond donors (Lipinski definition) is 1. The van der Waals surface area contributed by atoms with Crippen LogP contribution in [0.5, 0.6) is 5.75 Å². The number of aliphatic hydroxyl groups is 1. The molecule has 0 spiro atoms. The number of carbonyl (C=O) groups excluding carboxylic acids is 2. The van der Waals surface area contributed by atoms with E-state index in [4.69, 9.17) is 16.3 Å². The van der Waals surface area contributed by atoms with Gasteiger partial charge in [-0.3, -0.25) is 19.5 Å². The van der Waals surface area contributed by atoms with E-state index in [0.717, 1.165) is 5.56 Å². The molecule has 0 radical (unpaired) electrons. The average molecular weight is 577 g/mol. The number of ketones is 1. The van der Waals surface area contributed by atoms with E-state index >= 15 is 0 Å². The van der Waals surface area contributed by atoms with Gasteiger partial charge >= 0.3 is 5.91 Å². The normalized spacial score (nSPS) is 16.4. The molecule has 1 saturated heterocycles. The first-order chi connectivity index (χ1) is 19.0. The van der Waals surface area contributed by atoms with E-state index in [1.54, 1.807) is 42.5 Å². The summed E-state index contributed by atoms with van der Waals surface area (Å²) in [6.07, 6.45) is 4.63. The number of pyridine rings is 1. The molecular formula is C28H21ClN4O4S2. The number of nitrogens with zero attached hydrogens (tertiary/aromatic N) is 4. The van der Waals surface area contributed by atoms with E-state index in [1.165, 1.54) is 40.4 Å². The number of Topliss-reactive ketones (excluding diaryl/α,β-unsaturated/α-hetero) is 1. The van der Waals surface area contributed by atoms with Crippen molar-refractivity contribution in [2.75, 3.05) is 11.5 Å². The molecule has 11 heteroatoms. The number of hydrogen-bond acceptors (Lipinski definition) is 9. The second kappa shape index (κ2) is 11.8. The van der Waals surface area contributed by atoms with Crippen molar-refractivity contribution in [3.8, 4) is 5.75 Å². The summed E-state index contributed by atoms with van der Waals surface area (Å²) in [6, 6.07) is 16.7. The third-order valence-electron chi connectivity index (χ3n) is 5.87. The van der Waals surface area contributed by atoms with Crippen molar-refractivity contribution in [3.05, 3.63) is 113 Å². The number of benzene rings is 2. The molecule has 5 rings (SSSR count). The first kappa shape index (κ1) is 26.6. The molecule has 0 bridgehead atoms. The van der Waals surface area contributed by atoms with Crippen molar-refractivity contribution < 1.29 is 19.4 Å². The van der Waals surface area contributed by atoms with Gasteiger partial charge in [0.15, 0.2) is 4.34 Å². The third-order valence-corrected chi connectivity index (χ3v) is 8.35. The second-order valence-corrected chi connectivity index (χ2v) is 10.9. The molecule has 1 unspecified atom stereocenters. The number of thioether (sulfide) groups is 1. The quantitative estimate of drug-likeness (QED) is 0.0639. The highest BCUT2D eigenvalue weighted by molar-refractivity contribution is 8.00. The van der Waals surface area contributed by atoms with Crippen LogP contribution in [-0.4, -0.2) is 38.6 Å². The highest BCUT2D eigenvalue weighted by Gasteiger charge is 2.48. The standard InChI is InChI=1S/C28H21ClN4O4S2/c1-2-15-37-20-9-7-17(8-10-20)23-22(24(34)18-11-13-30-14-12-18)25(35)26(36)33(23)27-31-32-28(39-27)38-16-19-5-3-4-6-21(19)29/h2-14,23,34H,1,15-16H2. The van der Waals surface area contributed by atoms with Crippen LogP contribution in [0.2, 0.25) is 5.02 Å². The lowest BCUT2D eigenvalue weighted by Crippen LogP contribution is -2.29. The largest absolute Gasteiger partial charge is 0.507 e. The molecule has 1 amide bonds. The lowest BCUT2D eigenvalue weighted by Gasteiger charge is -2.22. The molecule has 0 aliphatic carbocycles. The highest BCUT2D eigenvalue weighted by atomic mass is 35.5. The molecule has 1 fully saturated rings. The van der Waals surface area contributed by atoms with Crippen molar-refractivity contribution >= 4 is 57.3 Å². The van der Waals surface area contributed by atoms with Crippen molar-refractivity contribution in [3.63, 3.8) is 0 Å². The molecular weight excluding hydrogens is 556 g/mol. The van der Waals surface area contributed by atoms with Crippen LogP contribution >= 0.6 is 34.7 Å². The summed E-state index contributed by atoms with van der Waals surface area (Å²) in [5.41, 5.74) is 1.85. The number of carbonyl (C=O) groups is 2. The van der Waals surface area contributed by atoms with Crippen LogP contribution in [0.25, 0.3) is 5.76 Å². The van der Waals surface area contributed by atoms with Crippen LogP contribution in [0, 0.1) is 0 Å². The molecule has 39 heavy (non-hydrogen) atoms. The first-order valence-corrected chi connectivity index (χ1v) is 13.9. The topological polar surface area (TPSA) is 106 Å². The Hall–Kier alpha value is -3.99.